The number of aryl methyl sites for hydroxylation is 3. The van der Waals surface area contributed by atoms with E-state index in [1.54, 1.807) is 24.3 Å². The van der Waals surface area contributed by atoms with E-state index in [0.29, 0.717) is 22.2 Å². The van der Waals surface area contributed by atoms with Gasteiger partial charge in [0.2, 0.25) is 5.95 Å². The summed E-state index contributed by atoms with van der Waals surface area (Å²) in [6, 6.07) is 14.5. The van der Waals surface area contributed by atoms with Gasteiger partial charge in [-0.15, -0.1) is 0 Å². The predicted octanol–water partition coefficient (Wildman–Crippen LogP) is 5.05. The molecule has 3 aromatic rings. The van der Waals surface area contributed by atoms with Gasteiger partial charge in [0, 0.05) is 33.3 Å². The van der Waals surface area contributed by atoms with E-state index in [2.05, 4.69) is 20.6 Å². The highest BCUT2D eigenvalue weighted by atomic mass is 35.5. The summed E-state index contributed by atoms with van der Waals surface area (Å²) in [6.45, 7) is 5.76. The fourth-order valence-corrected chi connectivity index (χ4v) is 2.71. The van der Waals surface area contributed by atoms with E-state index in [1.165, 1.54) is 0 Å². The van der Waals surface area contributed by atoms with Gasteiger partial charge in [-0.1, -0.05) is 17.7 Å². The Morgan fingerprint density at radius 3 is 2.23 bits per heavy atom. The summed E-state index contributed by atoms with van der Waals surface area (Å²) in [5.41, 5.74) is 4.81. The number of hydrogen-bond acceptors (Lipinski definition) is 4. The van der Waals surface area contributed by atoms with Crippen molar-refractivity contribution in [2.45, 2.75) is 20.8 Å². The molecule has 1 heterocycles. The summed E-state index contributed by atoms with van der Waals surface area (Å²) in [4.78, 5) is 21.1. The lowest BCUT2D eigenvalue weighted by Crippen LogP contribution is -2.12. The van der Waals surface area contributed by atoms with Crippen LogP contribution >= 0.6 is 11.6 Å². The Balaban J connectivity index is 1.72. The minimum Gasteiger partial charge on any atom is -0.324 e. The molecule has 5 nitrogen and oxygen atoms in total. The van der Waals surface area contributed by atoms with E-state index in [-0.39, 0.29) is 5.91 Å². The van der Waals surface area contributed by atoms with Crippen LogP contribution in [0.1, 0.15) is 27.3 Å². The van der Waals surface area contributed by atoms with Crippen molar-refractivity contribution in [1.82, 2.24) is 9.97 Å². The van der Waals surface area contributed by atoms with Crippen LogP contribution < -0.4 is 10.6 Å². The smallest absolute Gasteiger partial charge is 0.255 e. The lowest BCUT2D eigenvalue weighted by Gasteiger charge is -2.10. The van der Waals surface area contributed by atoms with E-state index in [9.17, 15) is 4.79 Å². The summed E-state index contributed by atoms with van der Waals surface area (Å²) >= 11 is 5.99. The second-order valence-corrected chi connectivity index (χ2v) is 6.53. The van der Waals surface area contributed by atoms with Crippen LogP contribution in [-0.2, 0) is 0 Å². The molecular weight excluding hydrogens is 348 g/mol. The van der Waals surface area contributed by atoms with Crippen molar-refractivity contribution >= 4 is 34.8 Å². The summed E-state index contributed by atoms with van der Waals surface area (Å²) in [7, 11) is 0. The van der Waals surface area contributed by atoms with E-state index in [0.717, 1.165) is 22.6 Å². The molecule has 1 aromatic heterocycles. The van der Waals surface area contributed by atoms with Crippen LogP contribution in [-0.4, -0.2) is 15.9 Å². The Morgan fingerprint density at radius 2 is 1.58 bits per heavy atom. The van der Waals surface area contributed by atoms with Crippen LogP contribution in [0, 0.1) is 20.8 Å². The van der Waals surface area contributed by atoms with Gasteiger partial charge >= 0.3 is 0 Å². The summed E-state index contributed by atoms with van der Waals surface area (Å²) < 4.78 is 0. The van der Waals surface area contributed by atoms with Gasteiger partial charge in [0.25, 0.3) is 5.91 Å². The van der Waals surface area contributed by atoms with Gasteiger partial charge in [-0.05, 0) is 68.8 Å². The maximum Gasteiger partial charge on any atom is 0.255 e. The van der Waals surface area contributed by atoms with Crippen molar-refractivity contribution in [1.29, 1.82) is 0 Å². The van der Waals surface area contributed by atoms with Gasteiger partial charge in [-0.2, -0.15) is 0 Å². The van der Waals surface area contributed by atoms with Crippen molar-refractivity contribution < 1.29 is 4.79 Å². The third-order valence-electron chi connectivity index (χ3n) is 3.83. The molecule has 0 aliphatic rings. The molecule has 0 saturated heterocycles. The molecule has 0 unspecified atom stereocenters. The highest BCUT2D eigenvalue weighted by Gasteiger charge is 2.09. The number of carbonyl (C=O) groups excluding carboxylic acids is 1. The molecule has 0 aliphatic heterocycles. The maximum absolute atomic E-state index is 12.4. The largest absolute Gasteiger partial charge is 0.324 e. The zero-order valence-electron chi connectivity index (χ0n) is 14.8. The Hall–Kier alpha value is -2.92. The van der Waals surface area contributed by atoms with Crippen molar-refractivity contribution in [3.8, 4) is 0 Å². The molecular formula is C20H19ClN4O. The standard InChI is InChI=1S/C20H19ClN4O/c1-12-4-7-16(21)11-18(12)25-19(26)15-5-8-17(9-6-15)24-20-22-13(2)10-14(3)23-20/h4-11H,1-3H3,(H,25,26)(H,22,23,24). The topological polar surface area (TPSA) is 66.9 Å². The number of aromatic nitrogens is 2. The minimum atomic E-state index is -0.190. The van der Waals surface area contributed by atoms with Crippen LogP contribution in [0.5, 0.6) is 0 Å². The van der Waals surface area contributed by atoms with Crippen LogP contribution in [0.3, 0.4) is 0 Å². The molecule has 3 rings (SSSR count). The molecule has 0 spiro atoms. The molecule has 6 heteroatoms. The van der Waals surface area contributed by atoms with Crippen molar-refractivity contribution in [3.05, 3.63) is 76.1 Å². The molecule has 0 fully saturated rings. The molecule has 0 aliphatic carbocycles. The minimum absolute atomic E-state index is 0.190. The lowest BCUT2D eigenvalue weighted by molar-refractivity contribution is 0.102. The van der Waals surface area contributed by atoms with Crippen molar-refractivity contribution in [2.24, 2.45) is 0 Å². The van der Waals surface area contributed by atoms with E-state index in [1.807, 2.05) is 45.0 Å². The average molecular weight is 367 g/mol. The molecule has 0 saturated carbocycles. The lowest BCUT2D eigenvalue weighted by atomic mass is 10.1. The number of amides is 1. The predicted molar refractivity (Wildman–Crippen MR) is 105 cm³/mol. The molecule has 2 aromatic carbocycles. The number of nitrogens with zero attached hydrogens (tertiary/aromatic N) is 2. The average Bonchev–Trinajstić information content (AvgIpc) is 2.58. The SMILES string of the molecule is Cc1cc(C)nc(Nc2ccc(C(=O)Nc3cc(Cl)ccc3C)cc2)n1. The number of hydrogen-bond donors (Lipinski definition) is 2. The number of carbonyl (C=O) groups is 1. The number of anilines is 3. The second-order valence-electron chi connectivity index (χ2n) is 6.09. The van der Waals surface area contributed by atoms with Gasteiger partial charge in [0.05, 0.1) is 0 Å². The van der Waals surface area contributed by atoms with E-state index < -0.39 is 0 Å². The molecule has 2 N–H and O–H groups in total. The molecule has 0 radical (unpaired) electrons. The molecule has 0 atom stereocenters. The number of nitrogens with one attached hydrogen (secondary N) is 2. The van der Waals surface area contributed by atoms with Crippen molar-refractivity contribution in [2.75, 3.05) is 10.6 Å². The Kier molecular flexibility index (Phi) is 5.19. The van der Waals surface area contributed by atoms with E-state index >= 15 is 0 Å². The van der Waals surface area contributed by atoms with Gasteiger partial charge < -0.3 is 10.6 Å². The third-order valence-corrected chi connectivity index (χ3v) is 4.07. The monoisotopic (exact) mass is 366 g/mol. The van der Waals surface area contributed by atoms with Crippen LogP contribution in [0.15, 0.2) is 48.5 Å². The Labute approximate surface area is 157 Å². The highest BCUT2D eigenvalue weighted by Crippen LogP contribution is 2.21. The molecule has 132 valence electrons. The van der Waals surface area contributed by atoms with Crippen molar-refractivity contribution in [3.63, 3.8) is 0 Å². The Bertz CT molecular complexity index is 934. The van der Waals surface area contributed by atoms with Gasteiger partial charge in [0.15, 0.2) is 0 Å². The van der Waals surface area contributed by atoms with Gasteiger partial charge in [-0.25, -0.2) is 9.97 Å². The van der Waals surface area contributed by atoms with Gasteiger partial charge in [-0.3, -0.25) is 4.79 Å². The first-order valence-electron chi connectivity index (χ1n) is 8.17. The van der Waals surface area contributed by atoms with Crippen LogP contribution in [0.2, 0.25) is 5.02 Å². The van der Waals surface area contributed by atoms with Crippen LogP contribution in [0.4, 0.5) is 17.3 Å². The maximum atomic E-state index is 12.4. The molecule has 1 amide bonds. The van der Waals surface area contributed by atoms with E-state index in [4.69, 9.17) is 11.6 Å². The second kappa shape index (κ2) is 7.54. The first-order chi connectivity index (χ1) is 12.4. The van der Waals surface area contributed by atoms with Gasteiger partial charge in [0.1, 0.15) is 0 Å². The first kappa shape index (κ1) is 17.9. The summed E-state index contributed by atoms with van der Waals surface area (Å²) in [5.74, 6) is 0.346. The number of rotatable bonds is 4. The summed E-state index contributed by atoms with van der Waals surface area (Å²) in [5, 5.41) is 6.61. The zero-order chi connectivity index (χ0) is 18.7. The highest BCUT2D eigenvalue weighted by molar-refractivity contribution is 6.31. The number of benzene rings is 2. The quantitative estimate of drug-likeness (QED) is 0.678. The molecule has 26 heavy (non-hydrogen) atoms. The summed E-state index contributed by atoms with van der Waals surface area (Å²) in [6.07, 6.45) is 0. The fraction of sp³-hybridized carbons (Fsp3) is 0.150. The normalized spacial score (nSPS) is 10.5. The molecule has 0 bridgehead atoms. The fourth-order valence-electron chi connectivity index (χ4n) is 2.54. The van der Waals surface area contributed by atoms with Crippen LogP contribution in [0.25, 0.3) is 0 Å². The third kappa shape index (κ3) is 4.37. The zero-order valence-corrected chi connectivity index (χ0v) is 15.6. The number of halogens is 1. The first-order valence-corrected chi connectivity index (χ1v) is 8.55. The Morgan fingerprint density at radius 1 is 0.923 bits per heavy atom.